The van der Waals surface area contributed by atoms with Crippen LogP contribution in [-0.4, -0.2) is 38.0 Å². The Hall–Kier alpha value is -0.740. The van der Waals surface area contributed by atoms with Crippen molar-refractivity contribution in [2.45, 2.75) is 6.10 Å². The topological polar surface area (TPSA) is 52.6 Å². The van der Waals surface area contributed by atoms with Crippen molar-refractivity contribution < 1.29 is 19.1 Å². The Morgan fingerprint density at radius 2 is 2.30 bits per heavy atom. The fraction of sp³-hybridized carbons (Fsp3) is 0.667. The Balaban J connectivity index is 2.38. The molecule has 0 bridgehead atoms. The zero-order valence-corrected chi connectivity index (χ0v) is 5.41. The van der Waals surface area contributed by atoms with Crippen molar-refractivity contribution in [3.63, 3.8) is 0 Å². The zero-order valence-electron chi connectivity index (χ0n) is 5.41. The lowest BCUT2D eigenvalue weighted by Gasteiger charge is -2.19. The van der Waals surface area contributed by atoms with Gasteiger partial charge in [0.2, 0.25) is 5.78 Å². The van der Waals surface area contributed by atoms with Gasteiger partial charge in [0, 0.05) is 0 Å². The molecule has 1 atom stereocenters. The molecule has 1 heterocycles. The second-order valence-electron chi connectivity index (χ2n) is 1.95. The number of carbonyl (C=O) groups excluding carboxylic acids is 2. The number of hydrogen-bond donors (Lipinski definition) is 0. The van der Waals surface area contributed by atoms with Crippen LogP contribution in [0.15, 0.2) is 0 Å². The van der Waals surface area contributed by atoms with E-state index >= 15 is 0 Å². The molecule has 1 fully saturated rings. The number of ether oxygens (including phenoxy) is 2. The summed E-state index contributed by atoms with van der Waals surface area (Å²) in [7, 11) is 0. The average Bonchev–Trinajstić information content (AvgIpc) is 2.05. The molecule has 1 aliphatic rings. The molecule has 0 amide bonds. The number of rotatable bonds is 2. The highest BCUT2D eigenvalue weighted by Crippen LogP contribution is 1.99. The van der Waals surface area contributed by atoms with E-state index in [1.54, 1.807) is 0 Å². The smallest absolute Gasteiger partial charge is 0.226 e. The van der Waals surface area contributed by atoms with Gasteiger partial charge < -0.3 is 9.47 Å². The number of carbonyl (C=O) groups is 2. The average molecular weight is 144 g/mol. The lowest BCUT2D eigenvalue weighted by molar-refractivity contribution is -0.149. The summed E-state index contributed by atoms with van der Waals surface area (Å²) in [4.78, 5) is 20.5. The first-order chi connectivity index (χ1) is 4.84. The normalized spacial score (nSPS) is 25.8. The van der Waals surface area contributed by atoms with Crippen molar-refractivity contribution in [1.29, 1.82) is 0 Å². The molecule has 0 aromatic carbocycles. The van der Waals surface area contributed by atoms with Crippen molar-refractivity contribution in [2.75, 3.05) is 19.8 Å². The summed E-state index contributed by atoms with van der Waals surface area (Å²) < 4.78 is 9.83. The van der Waals surface area contributed by atoms with Gasteiger partial charge in [-0.05, 0) is 0 Å². The zero-order chi connectivity index (χ0) is 7.40. The van der Waals surface area contributed by atoms with E-state index in [4.69, 9.17) is 9.47 Å². The highest BCUT2D eigenvalue weighted by molar-refractivity contribution is 6.27. The van der Waals surface area contributed by atoms with E-state index in [-0.39, 0.29) is 12.9 Å². The third-order valence-corrected chi connectivity index (χ3v) is 1.25. The summed E-state index contributed by atoms with van der Waals surface area (Å²) in [6.07, 6.45) is -0.398. The maximum absolute atomic E-state index is 10.6. The van der Waals surface area contributed by atoms with Gasteiger partial charge in [-0.25, -0.2) is 0 Å². The van der Waals surface area contributed by atoms with Crippen LogP contribution >= 0.6 is 0 Å². The molecular weight excluding hydrogens is 136 g/mol. The first-order valence-corrected chi connectivity index (χ1v) is 3.03. The van der Waals surface area contributed by atoms with Gasteiger partial charge in [0.15, 0.2) is 6.29 Å². The molecule has 1 aliphatic heterocycles. The standard InChI is InChI=1S/C6H8O4/c7-3-5(8)6-4-9-1-2-10-6/h3,6H,1-2,4H2. The third-order valence-electron chi connectivity index (χ3n) is 1.25. The first kappa shape index (κ1) is 7.37. The molecule has 1 saturated heterocycles. The van der Waals surface area contributed by atoms with Crippen molar-refractivity contribution in [1.82, 2.24) is 0 Å². The Bertz CT molecular complexity index is 137. The monoisotopic (exact) mass is 144 g/mol. The molecule has 4 nitrogen and oxygen atoms in total. The minimum Gasteiger partial charge on any atom is -0.376 e. The maximum Gasteiger partial charge on any atom is 0.226 e. The predicted octanol–water partition coefficient (Wildman–Crippen LogP) is -0.830. The highest BCUT2D eigenvalue weighted by atomic mass is 16.6. The second kappa shape index (κ2) is 3.43. The summed E-state index contributed by atoms with van der Waals surface area (Å²) in [5.74, 6) is -0.542. The predicted molar refractivity (Wildman–Crippen MR) is 31.6 cm³/mol. The Morgan fingerprint density at radius 3 is 2.80 bits per heavy atom. The van der Waals surface area contributed by atoms with Crippen LogP contribution < -0.4 is 0 Å². The molecule has 0 aliphatic carbocycles. The van der Waals surface area contributed by atoms with E-state index in [1.807, 2.05) is 0 Å². The summed E-state index contributed by atoms with van der Waals surface area (Å²) in [5.41, 5.74) is 0. The summed E-state index contributed by atoms with van der Waals surface area (Å²) >= 11 is 0. The highest BCUT2D eigenvalue weighted by Gasteiger charge is 2.21. The van der Waals surface area contributed by atoms with Gasteiger partial charge in [-0.3, -0.25) is 9.59 Å². The number of aldehydes is 1. The quantitative estimate of drug-likeness (QED) is 0.375. The van der Waals surface area contributed by atoms with Crippen LogP contribution in [0.4, 0.5) is 0 Å². The minimum absolute atomic E-state index is 0.206. The van der Waals surface area contributed by atoms with Gasteiger partial charge >= 0.3 is 0 Å². The van der Waals surface area contributed by atoms with E-state index in [1.165, 1.54) is 0 Å². The van der Waals surface area contributed by atoms with E-state index < -0.39 is 11.9 Å². The Labute approximate surface area is 58.1 Å². The van der Waals surface area contributed by atoms with Gasteiger partial charge in [0.25, 0.3) is 0 Å². The SMILES string of the molecule is O=CC(=O)C1COCCO1. The van der Waals surface area contributed by atoms with Crippen LogP contribution in [0.25, 0.3) is 0 Å². The van der Waals surface area contributed by atoms with Crippen LogP contribution in [0.5, 0.6) is 0 Å². The molecule has 0 N–H and O–H groups in total. The van der Waals surface area contributed by atoms with Gasteiger partial charge in [-0.1, -0.05) is 0 Å². The van der Waals surface area contributed by atoms with Crippen LogP contribution in [0, 0.1) is 0 Å². The van der Waals surface area contributed by atoms with Crippen LogP contribution in [-0.2, 0) is 19.1 Å². The molecule has 1 unspecified atom stereocenters. The first-order valence-electron chi connectivity index (χ1n) is 3.03. The Kier molecular flexibility index (Phi) is 2.53. The third kappa shape index (κ3) is 1.62. The fourth-order valence-corrected chi connectivity index (χ4v) is 0.728. The lowest BCUT2D eigenvalue weighted by atomic mass is 10.2. The maximum atomic E-state index is 10.6. The van der Waals surface area contributed by atoms with Crippen molar-refractivity contribution in [3.8, 4) is 0 Å². The molecule has 0 aromatic rings. The van der Waals surface area contributed by atoms with Crippen LogP contribution in [0.2, 0.25) is 0 Å². The van der Waals surface area contributed by atoms with Gasteiger partial charge in [-0.2, -0.15) is 0 Å². The molecule has 56 valence electrons. The minimum atomic E-state index is -0.661. The Morgan fingerprint density at radius 1 is 1.50 bits per heavy atom. The molecule has 0 saturated carbocycles. The van der Waals surface area contributed by atoms with Gasteiger partial charge in [0.05, 0.1) is 19.8 Å². The molecular formula is C6H8O4. The van der Waals surface area contributed by atoms with Gasteiger partial charge in [-0.15, -0.1) is 0 Å². The number of Topliss-reactive ketones (excluding diaryl/α,β-unsaturated/α-hetero) is 1. The summed E-state index contributed by atoms with van der Waals surface area (Å²) in [6, 6.07) is 0. The second-order valence-corrected chi connectivity index (χ2v) is 1.95. The summed E-state index contributed by atoms with van der Waals surface area (Å²) in [6.45, 7) is 1.10. The van der Waals surface area contributed by atoms with E-state index in [0.29, 0.717) is 13.2 Å². The fourth-order valence-electron chi connectivity index (χ4n) is 0.728. The van der Waals surface area contributed by atoms with Crippen LogP contribution in [0.3, 0.4) is 0 Å². The van der Waals surface area contributed by atoms with E-state index in [0.717, 1.165) is 0 Å². The molecule has 1 rings (SSSR count). The van der Waals surface area contributed by atoms with Crippen molar-refractivity contribution in [3.05, 3.63) is 0 Å². The van der Waals surface area contributed by atoms with E-state index in [2.05, 4.69) is 0 Å². The lowest BCUT2D eigenvalue weighted by Crippen LogP contribution is -2.35. The van der Waals surface area contributed by atoms with Crippen molar-refractivity contribution >= 4 is 12.1 Å². The molecule has 0 spiro atoms. The molecule has 0 radical (unpaired) electrons. The molecule has 4 heteroatoms. The number of ketones is 1. The molecule has 10 heavy (non-hydrogen) atoms. The largest absolute Gasteiger partial charge is 0.376 e. The van der Waals surface area contributed by atoms with Crippen molar-refractivity contribution in [2.24, 2.45) is 0 Å². The van der Waals surface area contributed by atoms with E-state index in [9.17, 15) is 9.59 Å². The summed E-state index contributed by atoms with van der Waals surface area (Å²) in [5, 5.41) is 0. The number of hydrogen-bond acceptors (Lipinski definition) is 4. The van der Waals surface area contributed by atoms with Gasteiger partial charge in [0.1, 0.15) is 6.10 Å². The molecule has 0 aromatic heterocycles. The van der Waals surface area contributed by atoms with Crippen LogP contribution in [0.1, 0.15) is 0 Å².